The quantitative estimate of drug-likeness (QED) is 0.568. The van der Waals surface area contributed by atoms with Gasteiger partial charge in [-0.2, -0.15) is 0 Å². The molecule has 0 nitrogen and oxygen atoms in total. The Morgan fingerprint density at radius 1 is 1.06 bits per heavy atom. The van der Waals surface area contributed by atoms with E-state index in [0.717, 1.165) is 5.92 Å². The van der Waals surface area contributed by atoms with E-state index in [1.807, 2.05) is 5.92 Å². The largest absolute Gasteiger partial charge is 0.0620 e. The van der Waals surface area contributed by atoms with Crippen LogP contribution in [0.4, 0.5) is 0 Å². The van der Waals surface area contributed by atoms with E-state index >= 15 is 0 Å². The van der Waals surface area contributed by atoms with Crippen molar-refractivity contribution in [1.29, 1.82) is 0 Å². The zero-order valence-electron chi connectivity index (χ0n) is 12.1. The fourth-order valence-electron chi connectivity index (χ4n) is 4.85. The zero-order valence-corrected chi connectivity index (χ0v) is 12.1. The summed E-state index contributed by atoms with van der Waals surface area (Å²) in [5, 5.41) is 0. The van der Waals surface area contributed by atoms with E-state index in [9.17, 15) is 0 Å². The summed E-state index contributed by atoms with van der Waals surface area (Å²) >= 11 is 0. The molecule has 0 bridgehead atoms. The van der Waals surface area contributed by atoms with Crippen molar-refractivity contribution in [3.8, 4) is 0 Å². The maximum atomic E-state index is 2.54. The average Bonchev–Trinajstić information content (AvgIpc) is 2.52. The molecular weight excluding hydrogens is 192 g/mol. The molecule has 2 unspecified atom stereocenters. The summed E-state index contributed by atoms with van der Waals surface area (Å²) in [5.41, 5.74) is 1.54. The van der Waals surface area contributed by atoms with Crippen LogP contribution in [0.25, 0.3) is 0 Å². The molecule has 0 saturated heterocycles. The summed E-state index contributed by atoms with van der Waals surface area (Å²) in [5.74, 6) is 2.78. The van der Waals surface area contributed by atoms with Gasteiger partial charge in [0.15, 0.2) is 0 Å². The first-order chi connectivity index (χ1) is 7.17. The second kappa shape index (κ2) is 3.50. The first kappa shape index (κ1) is 12.5. The van der Waals surface area contributed by atoms with Crippen LogP contribution in [-0.2, 0) is 0 Å². The Labute approximate surface area is 102 Å². The Kier molecular flexibility index (Phi) is 2.72. The number of hydrogen-bond acceptors (Lipinski definition) is 0. The molecule has 2 atom stereocenters. The average molecular weight is 221 g/mol. The van der Waals surface area contributed by atoms with Crippen LogP contribution in [0.2, 0.25) is 0 Å². The van der Waals surface area contributed by atoms with Crippen LogP contribution in [0.3, 0.4) is 0 Å². The summed E-state index contributed by atoms with van der Waals surface area (Å²) in [6, 6.07) is 0. The summed E-state index contributed by atoms with van der Waals surface area (Å²) in [7, 11) is 0. The third-order valence-corrected chi connectivity index (χ3v) is 5.50. The van der Waals surface area contributed by atoms with E-state index < -0.39 is 0 Å². The molecule has 2 fully saturated rings. The highest BCUT2D eigenvalue weighted by Gasteiger charge is 2.55. The third kappa shape index (κ3) is 1.83. The fourth-order valence-corrected chi connectivity index (χ4v) is 4.85. The van der Waals surface area contributed by atoms with Gasteiger partial charge in [0.25, 0.3) is 0 Å². The Morgan fingerprint density at radius 3 is 2.06 bits per heavy atom. The molecule has 1 radical (unpaired) electrons. The minimum Gasteiger partial charge on any atom is -0.0620 e. The summed E-state index contributed by atoms with van der Waals surface area (Å²) < 4.78 is 0. The Hall–Kier alpha value is 0. The van der Waals surface area contributed by atoms with E-state index in [0.29, 0.717) is 16.2 Å². The molecule has 0 aliphatic heterocycles. The van der Waals surface area contributed by atoms with Gasteiger partial charge in [0.1, 0.15) is 0 Å². The molecule has 0 heteroatoms. The zero-order chi connectivity index (χ0) is 12.2. The highest BCUT2D eigenvalue weighted by Crippen LogP contribution is 2.65. The molecule has 0 spiro atoms. The predicted molar refractivity (Wildman–Crippen MR) is 71.2 cm³/mol. The standard InChI is InChI=1S/C16H29/c1-12-8-7-9-16(12,6)13-10-14(2,3)11-15(13,4)5/h12H,7-11H2,1-6H3. The maximum absolute atomic E-state index is 2.54. The summed E-state index contributed by atoms with van der Waals surface area (Å²) in [4.78, 5) is 0. The second-order valence-corrected chi connectivity index (χ2v) is 8.09. The van der Waals surface area contributed by atoms with Gasteiger partial charge in [-0.05, 0) is 47.3 Å². The van der Waals surface area contributed by atoms with Crippen molar-refractivity contribution in [3.63, 3.8) is 0 Å². The molecule has 2 aliphatic carbocycles. The molecule has 2 rings (SSSR count). The molecule has 0 aromatic rings. The molecule has 0 amide bonds. The lowest BCUT2D eigenvalue weighted by Crippen LogP contribution is -2.34. The van der Waals surface area contributed by atoms with Crippen LogP contribution in [0.1, 0.15) is 73.6 Å². The first-order valence-electron chi connectivity index (χ1n) is 7.04. The second-order valence-electron chi connectivity index (χ2n) is 8.09. The highest BCUT2D eigenvalue weighted by molar-refractivity contribution is 5.22. The normalized spacial score (nSPS) is 42.8. The van der Waals surface area contributed by atoms with E-state index in [2.05, 4.69) is 41.5 Å². The maximum Gasteiger partial charge on any atom is -0.0118 e. The minimum atomic E-state index is 0.469. The van der Waals surface area contributed by atoms with Crippen molar-refractivity contribution in [1.82, 2.24) is 0 Å². The van der Waals surface area contributed by atoms with E-state index in [-0.39, 0.29) is 0 Å². The van der Waals surface area contributed by atoms with E-state index in [4.69, 9.17) is 0 Å². The van der Waals surface area contributed by atoms with E-state index in [1.54, 1.807) is 0 Å². The third-order valence-electron chi connectivity index (χ3n) is 5.50. The van der Waals surface area contributed by atoms with Gasteiger partial charge in [-0.3, -0.25) is 0 Å². The molecule has 2 aliphatic rings. The molecule has 0 heterocycles. The van der Waals surface area contributed by atoms with Crippen LogP contribution in [-0.4, -0.2) is 0 Å². The molecular formula is C16H29. The molecule has 16 heavy (non-hydrogen) atoms. The van der Waals surface area contributed by atoms with Gasteiger partial charge in [0, 0.05) is 0 Å². The lowest BCUT2D eigenvalue weighted by atomic mass is 9.62. The minimum absolute atomic E-state index is 0.469. The van der Waals surface area contributed by atoms with Crippen molar-refractivity contribution < 1.29 is 0 Å². The number of hydrogen-bond donors (Lipinski definition) is 0. The van der Waals surface area contributed by atoms with Crippen LogP contribution >= 0.6 is 0 Å². The van der Waals surface area contributed by atoms with Gasteiger partial charge < -0.3 is 0 Å². The Bertz CT molecular complexity index is 274. The predicted octanol–water partition coefficient (Wildman–Crippen LogP) is 5.23. The van der Waals surface area contributed by atoms with Gasteiger partial charge in [-0.15, -0.1) is 0 Å². The lowest BCUT2D eigenvalue weighted by Gasteiger charge is -2.43. The Morgan fingerprint density at radius 2 is 1.69 bits per heavy atom. The van der Waals surface area contributed by atoms with Crippen molar-refractivity contribution in [2.45, 2.75) is 73.6 Å². The van der Waals surface area contributed by atoms with Crippen molar-refractivity contribution >= 4 is 0 Å². The fraction of sp³-hybridized carbons (Fsp3) is 0.938. The molecule has 93 valence electrons. The van der Waals surface area contributed by atoms with Crippen LogP contribution in [0.5, 0.6) is 0 Å². The van der Waals surface area contributed by atoms with Crippen LogP contribution in [0, 0.1) is 28.1 Å². The highest BCUT2D eigenvalue weighted by atomic mass is 14.6. The number of rotatable bonds is 1. The summed E-state index contributed by atoms with van der Waals surface area (Å²) in [6.45, 7) is 14.9. The van der Waals surface area contributed by atoms with Crippen molar-refractivity contribution in [2.24, 2.45) is 22.2 Å². The smallest absolute Gasteiger partial charge is 0.0118 e. The summed E-state index contributed by atoms with van der Waals surface area (Å²) in [6.07, 6.45) is 7.05. The lowest BCUT2D eigenvalue weighted by molar-refractivity contribution is 0.192. The van der Waals surface area contributed by atoms with Gasteiger partial charge in [0.05, 0.1) is 0 Å². The van der Waals surface area contributed by atoms with E-state index in [1.165, 1.54) is 32.1 Å². The monoisotopic (exact) mass is 221 g/mol. The van der Waals surface area contributed by atoms with Gasteiger partial charge in [-0.1, -0.05) is 54.4 Å². The molecule has 2 saturated carbocycles. The van der Waals surface area contributed by atoms with Crippen LogP contribution < -0.4 is 0 Å². The van der Waals surface area contributed by atoms with Gasteiger partial charge >= 0.3 is 0 Å². The topological polar surface area (TPSA) is 0 Å². The van der Waals surface area contributed by atoms with Crippen LogP contribution in [0.15, 0.2) is 0 Å². The Balaban J connectivity index is 2.27. The SMILES string of the molecule is CC1CCCC1(C)[C]1CC(C)(C)CC1(C)C. The van der Waals surface area contributed by atoms with Gasteiger partial charge in [0.2, 0.25) is 0 Å². The molecule has 0 aromatic carbocycles. The molecule has 0 N–H and O–H groups in total. The van der Waals surface area contributed by atoms with Crippen molar-refractivity contribution in [2.75, 3.05) is 0 Å². The van der Waals surface area contributed by atoms with Gasteiger partial charge in [-0.25, -0.2) is 0 Å². The van der Waals surface area contributed by atoms with Crippen molar-refractivity contribution in [3.05, 3.63) is 5.92 Å². The molecule has 0 aromatic heterocycles. The first-order valence-corrected chi connectivity index (χ1v) is 7.04.